The van der Waals surface area contributed by atoms with Gasteiger partial charge >= 0.3 is 5.97 Å². The molecule has 4 nitrogen and oxygen atoms in total. The lowest BCUT2D eigenvalue weighted by molar-refractivity contribution is -0.125. The summed E-state index contributed by atoms with van der Waals surface area (Å²) in [5.74, 6) is 0.409. The predicted octanol–water partition coefficient (Wildman–Crippen LogP) is 3.39. The summed E-state index contributed by atoms with van der Waals surface area (Å²) in [5.41, 5.74) is 0.496. The fourth-order valence-corrected chi connectivity index (χ4v) is 3.48. The van der Waals surface area contributed by atoms with E-state index < -0.39 is 5.97 Å². The van der Waals surface area contributed by atoms with Crippen molar-refractivity contribution in [2.45, 2.75) is 39.2 Å². The largest absolute Gasteiger partial charge is 0.452 e. The van der Waals surface area contributed by atoms with Gasteiger partial charge < -0.3 is 10.1 Å². The Morgan fingerprint density at radius 3 is 2.73 bits per heavy atom. The summed E-state index contributed by atoms with van der Waals surface area (Å²) in [6, 6.07) is 7.36. The highest BCUT2D eigenvalue weighted by Gasteiger charge is 2.28. The maximum absolute atomic E-state index is 12.0. The second kappa shape index (κ2) is 7.94. The number of esters is 1. The smallest absolute Gasteiger partial charge is 0.339 e. The number of carbonyl (C=O) groups excluding carboxylic acids is 2. The van der Waals surface area contributed by atoms with Crippen molar-refractivity contribution in [2.24, 2.45) is 11.8 Å². The Hall–Kier alpha value is -1.11. The molecule has 3 atom stereocenters. The highest BCUT2D eigenvalue weighted by Crippen LogP contribution is 2.29. The molecule has 0 aromatic heterocycles. The van der Waals surface area contributed by atoms with Crippen LogP contribution in [0.1, 0.15) is 43.5 Å². The average molecular weight is 415 g/mol. The van der Waals surface area contributed by atoms with Crippen molar-refractivity contribution in [3.8, 4) is 0 Å². The molecule has 5 heteroatoms. The Balaban J connectivity index is 1.83. The van der Waals surface area contributed by atoms with Gasteiger partial charge in [-0.15, -0.1) is 0 Å². The molecule has 1 aliphatic carbocycles. The van der Waals surface area contributed by atoms with Crippen molar-refractivity contribution in [3.63, 3.8) is 0 Å². The van der Waals surface area contributed by atoms with Gasteiger partial charge in [-0.05, 0) is 53.0 Å². The third-order valence-corrected chi connectivity index (χ3v) is 5.42. The van der Waals surface area contributed by atoms with E-state index in [0.29, 0.717) is 17.4 Å². The Morgan fingerprint density at radius 2 is 2.00 bits per heavy atom. The Bertz CT molecular complexity index is 546. The van der Waals surface area contributed by atoms with Gasteiger partial charge in [-0.1, -0.05) is 38.8 Å². The zero-order valence-electron chi connectivity index (χ0n) is 13.0. The number of hydrogen-bond acceptors (Lipinski definition) is 3. The molecule has 0 aliphatic heterocycles. The molecule has 1 N–H and O–H groups in total. The van der Waals surface area contributed by atoms with Crippen molar-refractivity contribution in [2.75, 3.05) is 6.61 Å². The van der Waals surface area contributed by atoms with Crippen LogP contribution in [0.25, 0.3) is 0 Å². The normalized spacial score (nSPS) is 24.6. The van der Waals surface area contributed by atoms with Gasteiger partial charge in [-0.2, -0.15) is 0 Å². The summed E-state index contributed by atoms with van der Waals surface area (Å²) in [5, 5.41) is 3.00. The van der Waals surface area contributed by atoms with Gasteiger partial charge in [0.1, 0.15) is 0 Å². The molecule has 0 heterocycles. The van der Waals surface area contributed by atoms with Gasteiger partial charge in [-0.3, -0.25) is 4.79 Å². The fourth-order valence-electron chi connectivity index (χ4n) is 2.87. The lowest BCUT2D eigenvalue weighted by atomic mass is 9.78. The highest BCUT2D eigenvalue weighted by atomic mass is 127. The maximum Gasteiger partial charge on any atom is 0.339 e. The minimum absolute atomic E-state index is 0.187. The molecule has 1 aromatic rings. The van der Waals surface area contributed by atoms with E-state index in [1.807, 2.05) is 12.1 Å². The third-order valence-electron chi connectivity index (χ3n) is 4.48. The van der Waals surface area contributed by atoms with Crippen LogP contribution in [-0.2, 0) is 9.53 Å². The summed E-state index contributed by atoms with van der Waals surface area (Å²) >= 11 is 2.08. The summed E-state index contributed by atoms with van der Waals surface area (Å²) in [6.45, 7) is 4.18. The van der Waals surface area contributed by atoms with E-state index in [2.05, 4.69) is 41.8 Å². The van der Waals surface area contributed by atoms with Crippen LogP contribution in [0.2, 0.25) is 0 Å². The second-order valence-corrected chi connectivity index (χ2v) is 7.16. The molecular weight excluding hydrogens is 393 g/mol. The van der Waals surface area contributed by atoms with E-state index in [1.54, 1.807) is 12.1 Å². The predicted molar refractivity (Wildman–Crippen MR) is 93.6 cm³/mol. The number of rotatable bonds is 4. The molecule has 0 unspecified atom stereocenters. The van der Waals surface area contributed by atoms with Gasteiger partial charge in [0.2, 0.25) is 0 Å². The van der Waals surface area contributed by atoms with Crippen LogP contribution in [0.4, 0.5) is 0 Å². The van der Waals surface area contributed by atoms with E-state index in [0.717, 1.165) is 16.4 Å². The lowest BCUT2D eigenvalue weighted by Gasteiger charge is -2.34. The van der Waals surface area contributed by atoms with Crippen LogP contribution >= 0.6 is 22.6 Å². The lowest BCUT2D eigenvalue weighted by Crippen LogP contribution is -2.45. The third kappa shape index (κ3) is 4.44. The summed E-state index contributed by atoms with van der Waals surface area (Å²) in [7, 11) is 0. The quantitative estimate of drug-likeness (QED) is 0.606. The SMILES string of the molecule is C[C@H]1[C@@H](NC(=O)COC(=O)c2ccccc2I)CCC[C@@H]1C. The van der Waals surface area contributed by atoms with Crippen molar-refractivity contribution in [1.82, 2.24) is 5.32 Å². The molecule has 0 radical (unpaired) electrons. The number of hydrogen-bond donors (Lipinski definition) is 1. The topological polar surface area (TPSA) is 55.4 Å². The molecule has 22 heavy (non-hydrogen) atoms. The van der Waals surface area contributed by atoms with E-state index in [-0.39, 0.29) is 18.6 Å². The number of halogens is 1. The Morgan fingerprint density at radius 1 is 1.27 bits per heavy atom. The van der Waals surface area contributed by atoms with Crippen molar-refractivity contribution in [1.29, 1.82) is 0 Å². The first-order valence-electron chi connectivity index (χ1n) is 7.70. The molecule has 0 bridgehead atoms. The molecule has 1 amide bonds. The monoisotopic (exact) mass is 415 g/mol. The average Bonchev–Trinajstić information content (AvgIpc) is 2.50. The maximum atomic E-state index is 12.0. The minimum Gasteiger partial charge on any atom is -0.452 e. The highest BCUT2D eigenvalue weighted by molar-refractivity contribution is 14.1. The zero-order valence-corrected chi connectivity index (χ0v) is 15.1. The van der Waals surface area contributed by atoms with Gasteiger partial charge in [-0.25, -0.2) is 4.79 Å². The molecule has 1 aliphatic rings. The van der Waals surface area contributed by atoms with Crippen LogP contribution < -0.4 is 5.32 Å². The zero-order chi connectivity index (χ0) is 16.1. The van der Waals surface area contributed by atoms with Gasteiger partial charge in [0.15, 0.2) is 6.61 Å². The molecule has 0 saturated heterocycles. The van der Waals surface area contributed by atoms with Crippen LogP contribution in [0.15, 0.2) is 24.3 Å². The van der Waals surface area contributed by atoms with Crippen LogP contribution in [0.5, 0.6) is 0 Å². The van der Waals surface area contributed by atoms with E-state index in [9.17, 15) is 9.59 Å². The molecule has 120 valence electrons. The first-order valence-corrected chi connectivity index (χ1v) is 8.78. The summed E-state index contributed by atoms with van der Waals surface area (Å²) in [4.78, 5) is 24.0. The molecule has 0 spiro atoms. The van der Waals surface area contributed by atoms with Crippen molar-refractivity contribution < 1.29 is 14.3 Å². The molecule has 1 saturated carbocycles. The standard InChI is InChI=1S/C17H22INO3/c1-11-6-5-9-15(12(11)2)19-16(20)10-22-17(21)13-7-3-4-8-14(13)18/h3-4,7-8,11-12,15H,5-6,9-10H2,1-2H3,(H,19,20)/t11-,12+,15-/m0/s1. The van der Waals surface area contributed by atoms with E-state index in [4.69, 9.17) is 4.74 Å². The number of nitrogens with one attached hydrogen (secondary N) is 1. The Kier molecular flexibility index (Phi) is 6.23. The van der Waals surface area contributed by atoms with Crippen LogP contribution in [0.3, 0.4) is 0 Å². The number of carbonyl (C=O) groups is 2. The first-order chi connectivity index (χ1) is 10.5. The van der Waals surface area contributed by atoms with Gasteiger partial charge in [0.05, 0.1) is 5.56 Å². The second-order valence-electron chi connectivity index (χ2n) is 6.00. The first kappa shape index (κ1) is 17.2. The van der Waals surface area contributed by atoms with Crippen molar-refractivity contribution >= 4 is 34.5 Å². The Labute approximate surface area is 145 Å². The summed E-state index contributed by atoms with van der Waals surface area (Å²) < 4.78 is 5.94. The van der Waals surface area contributed by atoms with Crippen molar-refractivity contribution in [3.05, 3.63) is 33.4 Å². The minimum atomic E-state index is -0.454. The molecule has 2 rings (SSSR count). The number of benzene rings is 1. The molecule has 1 aromatic carbocycles. The number of ether oxygens (including phenoxy) is 1. The molecular formula is C17H22INO3. The fraction of sp³-hybridized carbons (Fsp3) is 0.529. The van der Waals surface area contributed by atoms with E-state index in [1.165, 1.54) is 6.42 Å². The van der Waals surface area contributed by atoms with Crippen LogP contribution in [-0.4, -0.2) is 24.5 Å². The summed E-state index contributed by atoms with van der Waals surface area (Å²) in [6.07, 6.45) is 3.36. The molecule has 1 fully saturated rings. The number of amides is 1. The van der Waals surface area contributed by atoms with Gasteiger partial charge in [0, 0.05) is 9.61 Å². The van der Waals surface area contributed by atoms with Crippen LogP contribution in [0, 0.1) is 15.4 Å². The van der Waals surface area contributed by atoms with Gasteiger partial charge in [0.25, 0.3) is 5.91 Å². The van der Waals surface area contributed by atoms with E-state index >= 15 is 0 Å².